The maximum absolute atomic E-state index is 13.3. The average molecular weight is 368 g/mol. The Kier molecular flexibility index (Phi) is 4.61. The van der Waals surface area contributed by atoms with E-state index in [1.165, 1.54) is 18.3 Å². The molecule has 0 saturated heterocycles. The van der Waals surface area contributed by atoms with Gasteiger partial charge in [0.25, 0.3) is 5.91 Å². The van der Waals surface area contributed by atoms with Crippen molar-refractivity contribution in [3.05, 3.63) is 53.6 Å². The largest absolute Gasteiger partial charge is 0.378 e. The van der Waals surface area contributed by atoms with Gasteiger partial charge in [-0.2, -0.15) is 5.10 Å². The van der Waals surface area contributed by atoms with Gasteiger partial charge in [0, 0.05) is 18.7 Å². The number of nitrogens with one attached hydrogen (secondary N) is 1. The number of benzene rings is 1. The van der Waals surface area contributed by atoms with E-state index in [1.807, 2.05) is 13.0 Å². The molecule has 27 heavy (non-hydrogen) atoms. The number of fused-ring (bicyclic) bond motifs is 1. The van der Waals surface area contributed by atoms with Crippen LogP contribution in [0.3, 0.4) is 0 Å². The van der Waals surface area contributed by atoms with Crippen LogP contribution in [0.4, 0.5) is 4.39 Å². The lowest BCUT2D eigenvalue weighted by atomic mass is 10.1. The van der Waals surface area contributed by atoms with Gasteiger partial charge in [-0.15, -0.1) is 0 Å². The first kappa shape index (κ1) is 17.6. The van der Waals surface area contributed by atoms with Crippen molar-refractivity contribution in [2.75, 3.05) is 7.11 Å². The van der Waals surface area contributed by atoms with Crippen LogP contribution in [0.1, 0.15) is 35.8 Å². The van der Waals surface area contributed by atoms with Crippen LogP contribution in [-0.2, 0) is 11.3 Å². The van der Waals surface area contributed by atoms with E-state index in [9.17, 15) is 9.18 Å². The molecule has 0 aliphatic heterocycles. The minimum Gasteiger partial charge on any atom is -0.378 e. The summed E-state index contributed by atoms with van der Waals surface area (Å²) in [6.07, 6.45) is 3.84. The first-order valence-corrected chi connectivity index (χ1v) is 9.00. The zero-order valence-electron chi connectivity index (χ0n) is 15.3. The molecule has 1 aliphatic rings. The smallest absolute Gasteiger partial charge is 0.256 e. The Labute approximate surface area is 156 Å². The van der Waals surface area contributed by atoms with Crippen LogP contribution < -0.4 is 5.32 Å². The third-order valence-corrected chi connectivity index (χ3v) is 4.89. The third kappa shape index (κ3) is 3.55. The number of hydrogen-bond acceptors (Lipinski definition) is 4. The molecule has 1 aromatic carbocycles. The Bertz CT molecular complexity index is 980. The van der Waals surface area contributed by atoms with Crippen molar-refractivity contribution < 1.29 is 13.9 Å². The monoisotopic (exact) mass is 368 g/mol. The molecular formula is C20H21FN4O2. The summed E-state index contributed by atoms with van der Waals surface area (Å²) in [5, 5.41) is 7.41. The maximum Gasteiger partial charge on any atom is 0.256 e. The first-order chi connectivity index (χ1) is 13.1. The summed E-state index contributed by atoms with van der Waals surface area (Å²) in [6.45, 7) is 2.32. The topological polar surface area (TPSA) is 68.5 Å². The molecule has 4 rings (SSSR count). The van der Waals surface area contributed by atoms with Gasteiger partial charge in [-0.1, -0.05) is 0 Å². The van der Waals surface area contributed by atoms with Crippen molar-refractivity contribution >= 4 is 11.6 Å². The first-order valence-electron chi connectivity index (χ1n) is 9.00. The molecule has 1 unspecified atom stereocenters. The maximum atomic E-state index is 13.3. The molecule has 3 aromatic rings. The summed E-state index contributed by atoms with van der Waals surface area (Å²) in [5.41, 5.74) is 3.06. The van der Waals surface area contributed by atoms with Crippen LogP contribution in [0.25, 0.3) is 16.9 Å². The van der Waals surface area contributed by atoms with E-state index in [0.29, 0.717) is 29.4 Å². The number of methoxy groups -OCH3 is 1. The van der Waals surface area contributed by atoms with E-state index >= 15 is 0 Å². The molecule has 2 heterocycles. The van der Waals surface area contributed by atoms with Crippen molar-refractivity contribution in [1.29, 1.82) is 0 Å². The van der Waals surface area contributed by atoms with E-state index in [0.717, 1.165) is 24.1 Å². The molecule has 7 heteroatoms. The van der Waals surface area contributed by atoms with E-state index in [-0.39, 0.29) is 17.8 Å². The summed E-state index contributed by atoms with van der Waals surface area (Å²) in [4.78, 5) is 17.3. The van der Waals surface area contributed by atoms with E-state index < -0.39 is 0 Å². The van der Waals surface area contributed by atoms with E-state index in [1.54, 1.807) is 23.8 Å². The number of rotatable bonds is 6. The predicted octanol–water partition coefficient (Wildman–Crippen LogP) is 3.21. The predicted molar refractivity (Wildman–Crippen MR) is 98.7 cm³/mol. The number of carbonyl (C=O) groups excluding carboxylic acids is 1. The lowest BCUT2D eigenvalue weighted by molar-refractivity contribution is 0.0937. The van der Waals surface area contributed by atoms with Crippen molar-refractivity contribution in [3.8, 4) is 11.3 Å². The molecule has 1 N–H and O–H groups in total. The zero-order valence-corrected chi connectivity index (χ0v) is 15.3. The standard InChI is InChI=1S/C20H21FN4O2/c1-12(13-3-4-13)23-20(26)17-10-22-25-18(14-5-7-15(21)8-6-14)9-16(11-27-2)24-19(17)25/h5-10,12-13H,3-4,11H2,1-2H3,(H,23,26). The van der Waals surface area contributed by atoms with Gasteiger partial charge in [0.2, 0.25) is 0 Å². The number of halogens is 1. The van der Waals surface area contributed by atoms with Gasteiger partial charge in [-0.05, 0) is 56.0 Å². The van der Waals surface area contributed by atoms with Crippen molar-refractivity contribution in [1.82, 2.24) is 19.9 Å². The second kappa shape index (κ2) is 7.08. The number of carbonyl (C=O) groups is 1. The van der Waals surface area contributed by atoms with Crippen molar-refractivity contribution in [3.63, 3.8) is 0 Å². The molecule has 0 bridgehead atoms. The molecule has 1 aliphatic carbocycles. The highest BCUT2D eigenvalue weighted by Crippen LogP contribution is 2.32. The van der Waals surface area contributed by atoms with Gasteiger partial charge in [0.1, 0.15) is 11.4 Å². The van der Waals surface area contributed by atoms with Crippen molar-refractivity contribution in [2.24, 2.45) is 5.92 Å². The van der Waals surface area contributed by atoms with Crippen LogP contribution in [0.5, 0.6) is 0 Å². The number of amides is 1. The average Bonchev–Trinajstić information content (AvgIpc) is 3.42. The molecule has 1 saturated carbocycles. The summed E-state index contributed by atoms with van der Waals surface area (Å²) in [7, 11) is 1.59. The van der Waals surface area contributed by atoms with Crippen LogP contribution in [-0.4, -0.2) is 33.7 Å². The fourth-order valence-electron chi connectivity index (χ4n) is 3.22. The molecule has 0 radical (unpaired) electrons. The Balaban J connectivity index is 1.78. The summed E-state index contributed by atoms with van der Waals surface area (Å²) in [5.74, 6) is 0.0647. The van der Waals surface area contributed by atoms with Gasteiger partial charge in [0.15, 0.2) is 5.65 Å². The van der Waals surface area contributed by atoms with Gasteiger partial charge >= 0.3 is 0 Å². The lowest BCUT2D eigenvalue weighted by Crippen LogP contribution is -2.34. The van der Waals surface area contributed by atoms with Crippen molar-refractivity contribution in [2.45, 2.75) is 32.4 Å². The Hall–Kier alpha value is -2.80. The summed E-state index contributed by atoms with van der Waals surface area (Å²) in [6, 6.07) is 8.11. The Morgan fingerprint density at radius 2 is 2.11 bits per heavy atom. The zero-order chi connectivity index (χ0) is 19.0. The SMILES string of the molecule is COCc1cc(-c2ccc(F)cc2)n2ncc(C(=O)NC(C)C3CC3)c2n1. The number of hydrogen-bond donors (Lipinski definition) is 1. The number of ether oxygens (including phenoxy) is 1. The summed E-state index contributed by atoms with van der Waals surface area (Å²) < 4.78 is 20.1. The summed E-state index contributed by atoms with van der Waals surface area (Å²) >= 11 is 0. The molecule has 140 valence electrons. The molecular weight excluding hydrogens is 347 g/mol. The second-order valence-corrected chi connectivity index (χ2v) is 6.97. The highest BCUT2D eigenvalue weighted by atomic mass is 19.1. The number of nitrogens with zero attached hydrogens (tertiary/aromatic N) is 3. The molecule has 1 atom stereocenters. The van der Waals surface area contributed by atoms with Gasteiger partial charge in [-0.25, -0.2) is 13.9 Å². The van der Waals surface area contributed by atoms with Gasteiger partial charge in [0.05, 0.1) is 24.2 Å². The normalized spacial score (nSPS) is 15.1. The fraction of sp³-hybridized carbons (Fsp3) is 0.350. The quantitative estimate of drug-likeness (QED) is 0.725. The lowest BCUT2D eigenvalue weighted by Gasteiger charge is -2.12. The Morgan fingerprint density at radius 1 is 1.37 bits per heavy atom. The van der Waals surface area contributed by atoms with Gasteiger partial charge in [-0.3, -0.25) is 4.79 Å². The van der Waals surface area contributed by atoms with Crippen LogP contribution in [0.2, 0.25) is 0 Å². The molecule has 2 aromatic heterocycles. The molecule has 0 spiro atoms. The molecule has 1 fully saturated rings. The highest BCUT2D eigenvalue weighted by molar-refractivity contribution is 6.00. The van der Waals surface area contributed by atoms with Gasteiger partial charge < -0.3 is 10.1 Å². The van der Waals surface area contributed by atoms with Crippen LogP contribution in [0.15, 0.2) is 36.5 Å². The fourth-order valence-corrected chi connectivity index (χ4v) is 3.22. The Morgan fingerprint density at radius 3 is 2.78 bits per heavy atom. The second-order valence-electron chi connectivity index (χ2n) is 6.97. The molecule has 6 nitrogen and oxygen atoms in total. The highest BCUT2D eigenvalue weighted by Gasteiger charge is 2.30. The van der Waals surface area contributed by atoms with E-state index in [4.69, 9.17) is 4.74 Å². The molecule has 1 amide bonds. The third-order valence-electron chi connectivity index (χ3n) is 4.89. The van der Waals surface area contributed by atoms with Crippen LogP contribution in [0, 0.1) is 11.7 Å². The minimum absolute atomic E-state index is 0.131. The van der Waals surface area contributed by atoms with Crippen LogP contribution >= 0.6 is 0 Å². The van der Waals surface area contributed by atoms with E-state index in [2.05, 4.69) is 15.4 Å². The minimum atomic E-state index is -0.309. The number of aromatic nitrogens is 3.